The van der Waals surface area contributed by atoms with Gasteiger partial charge < -0.3 is 20.2 Å². The molecule has 0 radical (unpaired) electrons. The summed E-state index contributed by atoms with van der Waals surface area (Å²) in [5, 5.41) is 12.1. The summed E-state index contributed by atoms with van der Waals surface area (Å²) in [7, 11) is 3.91. The molecule has 0 aliphatic carbocycles. The van der Waals surface area contributed by atoms with Crippen molar-refractivity contribution in [1.82, 2.24) is 4.90 Å². The predicted molar refractivity (Wildman–Crippen MR) is 81.2 cm³/mol. The van der Waals surface area contributed by atoms with Crippen LogP contribution in [0, 0.1) is 5.92 Å². The molecule has 2 rings (SSSR count). The number of piperidine rings is 1. The first-order valence-electron chi connectivity index (χ1n) is 7.05. The van der Waals surface area contributed by atoms with Crippen LogP contribution in [-0.2, 0) is 0 Å². The van der Waals surface area contributed by atoms with Crippen LogP contribution in [0.25, 0.3) is 0 Å². The summed E-state index contributed by atoms with van der Waals surface area (Å²) in [5.41, 5.74) is 1.82. The Bertz CT molecular complexity index is 454. The number of nitrogens with one attached hydrogen (secondary N) is 1. The summed E-state index contributed by atoms with van der Waals surface area (Å²) in [5.74, 6) is 0.341. The lowest BCUT2D eigenvalue weighted by Gasteiger charge is -2.31. The molecule has 0 bridgehead atoms. The van der Waals surface area contributed by atoms with Gasteiger partial charge in [0.25, 0.3) is 0 Å². The monoisotopic (exact) mass is 277 g/mol. The maximum atomic E-state index is 12.3. The van der Waals surface area contributed by atoms with Crippen molar-refractivity contribution >= 4 is 17.4 Å². The molecule has 1 aliphatic heterocycles. The Kier molecular flexibility index (Phi) is 4.84. The van der Waals surface area contributed by atoms with Crippen molar-refractivity contribution in [3.05, 3.63) is 24.3 Å². The standard InChI is InChI=1S/C15H23N3O2/c1-17(2)14-6-4-3-5-13(14)16-15(20)18-9-7-12(11-19)8-10-18/h3-6,12,19H,7-11H2,1-2H3,(H,16,20). The van der Waals surface area contributed by atoms with Crippen LogP contribution in [0.15, 0.2) is 24.3 Å². The molecule has 1 fully saturated rings. The minimum absolute atomic E-state index is 0.0595. The summed E-state index contributed by atoms with van der Waals surface area (Å²) in [6.45, 7) is 1.64. The van der Waals surface area contributed by atoms with Gasteiger partial charge in [0, 0.05) is 33.8 Å². The van der Waals surface area contributed by atoms with E-state index in [0.29, 0.717) is 19.0 Å². The van der Waals surface area contributed by atoms with E-state index in [0.717, 1.165) is 24.2 Å². The molecule has 0 atom stereocenters. The lowest BCUT2D eigenvalue weighted by atomic mass is 9.98. The number of anilines is 2. The van der Waals surface area contributed by atoms with Gasteiger partial charge in [-0.05, 0) is 30.9 Å². The molecule has 0 unspecified atom stereocenters. The molecule has 1 heterocycles. The molecule has 110 valence electrons. The van der Waals surface area contributed by atoms with Crippen molar-refractivity contribution in [2.75, 3.05) is 44.0 Å². The van der Waals surface area contributed by atoms with Gasteiger partial charge in [-0.3, -0.25) is 0 Å². The first-order valence-corrected chi connectivity index (χ1v) is 7.05. The van der Waals surface area contributed by atoms with Crippen LogP contribution in [0.2, 0.25) is 0 Å². The van der Waals surface area contributed by atoms with Crippen molar-refractivity contribution in [3.63, 3.8) is 0 Å². The summed E-state index contributed by atoms with van der Waals surface area (Å²) in [6, 6.07) is 7.70. The van der Waals surface area contributed by atoms with Crippen LogP contribution in [0.5, 0.6) is 0 Å². The molecule has 1 aliphatic rings. The van der Waals surface area contributed by atoms with Crippen molar-refractivity contribution < 1.29 is 9.90 Å². The Morgan fingerprint density at radius 1 is 1.35 bits per heavy atom. The molecule has 1 aromatic carbocycles. The maximum absolute atomic E-state index is 12.3. The molecular formula is C15H23N3O2. The number of aliphatic hydroxyl groups is 1. The maximum Gasteiger partial charge on any atom is 0.321 e. The number of benzene rings is 1. The minimum Gasteiger partial charge on any atom is -0.396 e. The number of para-hydroxylation sites is 2. The average molecular weight is 277 g/mol. The first kappa shape index (κ1) is 14.7. The third-order valence-corrected chi connectivity index (χ3v) is 3.79. The van der Waals surface area contributed by atoms with E-state index < -0.39 is 0 Å². The number of hydrogen-bond donors (Lipinski definition) is 2. The molecule has 0 saturated carbocycles. The molecule has 2 amide bonds. The number of carbonyl (C=O) groups is 1. The summed E-state index contributed by atoms with van der Waals surface area (Å²) in [6.07, 6.45) is 1.75. The Labute approximate surface area is 120 Å². The number of nitrogens with zero attached hydrogens (tertiary/aromatic N) is 2. The van der Waals surface area contributed by atoms with E-state index >= 15 is 0 Å². The fourth-order valence-electron chi connectivity index (χ4n) is 2.48. The van der Waals surface area contributed by atoms with E-state index in [1.807, 2.05) is 48.2 Å². The molecule has 0 spiro atoms. The average Bonchev–Trinajstić information content (AvgIpc) is 2.47. The highest BCUT2D eigenvalue weighted by Gasteiger charge is 2.22. The molecule has 5 nitrogen and oxygen atoms in total. The highest BCUT2D eigenvalue weighted by molar-refractivity contribution is 5.93. The zero-order chi connectivity index (χ0) is 14.5. The van der Waals surface area contributed by atoms with Gasteiger partial charge in [-0.25, -0.2) is 4.79 Å². The van der Waals surface area contributed by atoms with Gasteiger partial charge in [-0.2, -0.15) is 0 Å². The summed E-state index contributed by atoms with van der Waals surface area (Å²) >= 11 is 0. The van der Waals surface area contributed by atoms with Crippen molar-refractivity contribution in [3.8, 4) is 0 Å². The smallest absolute Gasteiger partial charge is 0.321 e. The van der Waals surface area contributed by atoms with E-state index in [9.17, 15) is 4.79 Å². The molecule has 1 aromatic rings. The van der Waals surface area contributed by atoms with Gasteiger partial charge in [0.1, 0.15) is 0 Å². The fraction of sp³-hybridized carbons (Fsp3) is 0.533. The van der Waals surface area contributed by atoms with Crippen molar-refractivity contribution in [2.24, 2.45) is 5.92 Å². The number of likely N-dealkylation sites (tertiary alicyclic amines) is 1. The van der Waals surface area contributed by atoms with Crippen LogP contribution in [0.3, 0.4) is 0 Å². The number of rotatable bonds is 3. The second kappa shape index (κ2) is 6.61. The molecule has 0 aromatic heterocycles. The lowest BCUT2D eigenvalue weighted by molar-refractivity contribution is 0.143. The van der Waals surface area contributed by atoms with E-state index in [1.165, 1.54) is 0 Å². The SMILES string of the molecule is CN(C)c1ccccc1NC(=O)N1CCC(CO)CC1. The quantitative estimate of drug-likeness (QED) is 0.888. The number of amides is 2. The third-order valence-electron chi connectivity index (χ3n) is 3.79. The van der Waals surface area contributed by atoms with Gasteiger partial charge in [0.2, 0.25) is 0 Å². The minimum atomic E-state index is -0.0595. The first-order chi connectivity index (χ1) is 9.61. The lowest BCUT2D eigenvalue weighted by Crippen LogP contribution is -2.41. The van der Waals surface area contributed by atoms with E-state index in [4.69, 9.17) is 5.11 Å². The molecule has 2 N–H and O–H groups in total. The topological polar surface area (TPSA) is 55.8 Å². The van der Waals surface area contributed by atoms with Crippen LogP contribution < -0.4 is 10.2 Å². The number of urea groups is 1. The summed E-state index contributed by atoms with van der Waals surface area (Å²) in [4.78, 5) is 16.1. The number of carbonyl (C=O) groups excluding carboxylic acids is 1. The molecular weight excluding hydrogens is 254 g/mol. The van der Waals surface area contributed by atoms with Gasteiger partial charge in [0.15, 0.2) is 0 Å². The van der Waals surface area contributed by atoms with Crippen LogP contribution in [0.1, 0.15) is 12.8 Å². The zero-order valence-corrected chi connectivity index (χ0v) is 12.2. The Morgan fingerprint density at radius 2 is 2.00 bits per heavy atom. The van der Waals surface area contributed by atoms with Crippen molar-refractivity contribution in [2.45, 2.75) is 12.8 Å². The van der Waals surface area contributed by atoms with E-state index in [2.05, 4.69) is 5.32 Å². The van der Waals surface area contributed by atoms with Crippen LogP contribution in [0.4, 0.5) is 16.2 Å². The predicted octanol–water partition coefficient (Wildman–Crippen LogP) is 1.99. The van der Waals surface area contributed by atoms with Crippen LogP contribution in [-0.4, -0.2) is 49.8 Å². The van der Waals surface area contributed by atoms with Gasteiger partial charge in [0.05, 0.1) is 11.4 Å². The Hall–Kier alpha value is -1.75. The molecule has 5 heteroatoms. The van der Waals surface area contributed by atoms with E-state index in [-0.39, 0.29) is 12.6 Å². The summed E-state index contributed by atoms with van der Waals surface area (Å²) < 4.78 is 0. The van der Waals surface area contributed by atoms with Gasteiger partial charge in [-0.15, -0.1) is 0 Å². The third kappa shape index (κ3) is 3.42. The zero-order valence-electron chi connectivity index (χ0n) is 12.2. The molecule has 20 heavy (non-hydrogen) atoms. The van der Waals surface area contributed by atoms with Crippen molar-refractivity contribution in [1.29, 1.82) is 0 Å². The second-order valence-electron chi connectivity index (χ2n) is 5.45. The van der Waals surface area contributed by atoms with Crippen LogP contribution >= 0.6 is 0 Å². The van der Waals surface area contributed by atoms with Gasteiger partial charge >= 0.3 is 6.03 Å². The number of hydrogen-bond acceptors (Lipinski definition) is 3. The Balaban J connectivity index is 1.98. The highest BCUT2D eigenvalue weighted by atomic mass is 16.3. The van der Waals surface area contributed by atoms with E-state index in [1.54, 1.807) is 0 Å². The molecule has 1 saturated heterocycles. The normalized spacial score (nSPS) is 16.1. The van der Waals surface area contributed by atoms with Gasteiger partial charge in [-0.1, -0.05) is 12.1 Å². The fourth-order valence-corrected chi connectivity index (χ4v) is 2.48. The highest BCUT2D eigenvalue weighted by Crippen LogP contribution is 2.24. The Morgan fingerprint density at radius 3 is 2.60 bits per heavy atom. The largest absolute Gasteiger partial charge is 0.396 e. The second-order valence-corrected chi connectivity index (χ2v) is 5.45. The number of aliphatic hydroxyl groups excluding tert-OH is 1.